The van der Waals surface area contributed by atoms with Crippen LogP contribution >= 0.6 is 0 Å². The summed E-state index contributed by atoms with van der Waals surface area (Å²) in [7, 11) is 2.96. The van der Waals surface area contributed by atoms with Crippen LogP contribution in [0.15, 0.2) is 12.1 Å². The summed E-state index contributed by atoms with van der Waals surface area (Å²) in [6, 6.07) is 3.13. The first kappa shape index (κ1) is 13.1. The van der Waals surface area contributed by atoms with Gasteiger partial charge in [-0.3, -0.25) is 0 Å². The minimum atomic E-state index is -0.426. The first-order chi connectivity index (χ1) is 8.62. The Balaban J connectivity index is 2.49. The zero-order chi connectivity index (χ0) is 13.2. The number of halogens is 1. The Hall–Kier alpha value is -1.29. The molecule has 0 saturated heterocycles. The van der Waals surface area contributed by atoms with Gasteiger partial charge in [0, 0.05) is 11.1 Å². The fourth-order valence-electron chi connectivity index (χ4n) is 2.78. The quantitative estimate of drug-likeness (QED) is 0.900. The SMILES string of the molecule is COc1c(F)ccc(C2(N)CCCCC2)c1OC. The van der Waals surface area contributed by atoms with Crippen molar-refractivity contribution >= 4 is 0 Å². The third-order valence-corrected chi connectivity index (χ3v) is 3.75. The van der Waals surface area contributed by atoms with Gasteiger partial charge in [0.1, 0.15) is 0 Å². The van der Waals surface area contributed by atoms with Gasteiger partial charge < -0.3 is 15.2 Å². The van der Waals surface area contributed by atoms with E-state index in [4.69, 9.17) is 15.2 Å². The third-order valence-electron chi connectivity index (χ3n) is 3.75. The average molecular weight is 253 g/mol. The molecule has 0 aromatic heterocycles. The van der Waals surface area contributed by atoms with Crippen molar-refractivity contribution in [1.82, 2.24) is 0 Å². The molecule has 0 heterocycles. The van der Waals surface area contributed by atoms with Gasteiger partial charge in [0.05, 0.1) is 14.2 Å². The fraction of sp³-hybridized carbons (Fsp3) is 0.571. The summed E-state index contributed by atoms with van der Waals surface area (Å²) >= 11 is 0. The predicted octanol–water partition coefficient (Wildman–Crippen LogP) is 2.96. The van der Waals surface area contributed by atoms with E-state index >= 15 is 0 Å². The molecule has 2 N–H and O–H groups in total. The van der Waals surface area contributed by atoms with Gasteiger partial charge in [-0.2, -0.15) is 0 Å². The number of methoxy groups -OCH3 is 2. The van der Waals surface area contributed by atoms with Gasteiger partial charge in [-0.25, -0.2) is 4.39 Å². The zero-order valence-corrected chi connectivity index (χ0v) is 11.0. The van der Waals surface area contributed by atoms with E-state index < -0.39 is 11.4 Å². The van der Waals surface area contributed by atoms with E-state index in [1.807, 2.05) is 0 Å². The highest BCUT2D eigenvalue weighted by molar-refractivity contribution is 5.50. The summed E-state index contributed by atoms with van der Waals surface area (Å²) in [5.41, 5.74) is 6.90. The van der Waals surface area contributed by atoms with Gasteiger partial charge in [-0.05, 0) is 18.9 Å². The molecule has 2 rings (SSSR count). The summed E-state index contributed by atoms with van der Waals surface area (Å²) in [6.45, 7) is 0. The monoisotopic (exact) mass is 253 g/mol. The molecule has 0 unspecified atom stereocenters. The first-order valence-electron chi connectivity index (χ1n) is 6.32. The smallest absolute Gasteiger partial charge is 0.197 e. The van der Waals surface area contributed by atoms with Crippen LogP contribution in [0.1, 0.15) is 37.7 Å². The molecule has 100 valence electrons. The van der Waals surface area contributed by atoms with Crippen molar-refractivity contribution in [2.45, 2.75) is 37.6 Å². The fourth-order valence-corrected chi connectivity index (χ4v) is 2.78. The van der Waals surface area contributed by atoms with E-state index in [0.717, 1.165) is 31.2 Å². The van der Waals surface area contributed by atoms with Gasteiger partial charge in [-0.1, -0.05) is 25.3 Å². The second-order valence-corrected chi connectivity index (χ2v) is 4.88. The highest BCUT2D eigenvalue weighted by atomic mass is 19.1. The lowest BCUT2D eigenvalue weighted by molar-refractivity contribution is 0.278. The Bertz CT molecular complexity index is 428. The van der Waals surface area contributed by atoms with E-state index in [9.17, 15) is 4.39 Å². The second kappa shape index (κ2) is 5.14. The van der Waals surface area contributed by atoms with Crippen molar-refractivity contribution in [2.75, 3.05) is 14.2 Å². The van der Waals surface area contributed by atoms with Crippen LogP contribution in [-0.2, 0) is 5.54 Å². The Morgan fingerprint density at radius 3 is 2.22 bits per heavy atom. The van der Waals surface area contributed by atoms with Gasteiger partial charge in [0.15, 0.2) is 17.3 Å². The van der Waals surface area contributed by atoms with Crippen LogP contribution in [-0.4, -0.2) is 14.2 Å². The molecule has 1 aromatic rings. The summed E-state index contributed by atoms with van der Waals surface area (Å²) < 4.78 is 24.1. The van der Waals surface area contributed by atoms with Crippen LogP contribution in [0, 0.1) is 5.82 Å². The maximum Gasteiger partial charge on any atom is 0.197 e. The zero-order valence-electron chi connectivity index (χ0n) is 11.0. The normalized spacial score (nSPS) is 18.4. The Morgan fingerprint density at radius 1 is 1.06 bits per heavy atom. The molecule has 1 aliphatic rings. The Morgan fingerprint density at radius 2 is 1.67 bits per heavy atom. The molecule has 1 aromatic carbocycles. The highest BCUT2D eigenvalue weighted by Gasteiger charge is 2.34. The van der Waals surface area contributed by atoms with Gasteiger partial charge >= 0.3 is 0 Å². The van der Waals surface area contributed by atoms with E-state index in [2.05, 4.69) is 0 Å². The molecule has 0 atom stereocenters. The summed E-state index contributed by atoms with van der Waals surface area (Å²) in [5.74, 6) is 0.157. The number of hydrogen-bond donors (Lipinski definition) is 1. The molecule has 0 radical (unpaired) electrons. The largest absolute Gasteiger partial charge is 0.492 e. The third kappa shape index (κ3) is 2.17. The van der Waals surface area contributed by atoms with Gasteiger partial charge in [0.2, 0.25) is 0 Å². The maximum atomic E-state index is 13.7. The standard InChI is InChI=1S/C14H20FNO2/c1-17-12-10(6-7-11(15)13(12)18-2)14(16)8-4-3-5-9-14/h6-7H,3-5,8-9,16H2,1-2H3. The number of benzene rings is 1. The number of rotatable bonds is 3. The van der Waals surface area contributed by atoms with Crippen molar-refractivity contribution in [2.24, 2.45) is 5.73 Å². The van der Waals surface area contributed by atoms with Crippen LogP contribution < -0.4 is 15.2 Å². The number of nitrogens with two attached hydrogens (primary N) is 1. The molecule has 1 fully saturated rings. The van der Waals surface area contributed by atoms with Crippen molar-refractivity contribution in [3.63, 3.8) is 0 Å². The second-order valence-electron chi connectivity index (χ2n) is 4.88. The Labute approximate surface area is 107 Å². The topological polar surface area (TPSA) is 44.5 Å². The lowest BCUT2D eigenvalue weighted by atomic mass is 9.77. The summed E-state index contributed by atoms with van der Waals surface area (Å²) in [6.07, 6.45) is 5.20. The number of ether oxygens (including phenoxy) is 2. The van der Waals surface area contributed by atoms with E-state index in [1.54, 1.807) is 6.07 Å². The van der Waals surface area contributed by atoms with Gasteiger partial charge in [0.25, 0.3) is 0 Å². The van der Waals surface area contributed by atoms with E-state index in [-0.39, 0.29) is 5.75 Å². The highest BCUT2D eigenvalue weighted by Crippen LogP contribution is 2.43. The predicted molar refractivity (Wildman–Crippen MR) is 68.5 cm³/mol. The van der Waals surface area contributed by atoms with Crippen LogP contribution in [0.25, 0.3) is 0 Å². The molecule has 0 bridgehead atoms. The van der Waals surface area contributed by atoms with Crippen molar-refractivity contribution in [3.05, 3.63) is 23.5 Å². The van der Waals surface area contributed by atoms with Crippen LogP contribution in [0.2, 0.25) is 0 Å². The molecule has 0 aliphatic heterocycles. The van der Waals surface area contributed by atoms with Crippen LogP contribution in [0.4, 0.5) is 4.39 Å². The molecule has 1 saturated carbocycles. The van der Waals surface area contributed by atoms with Crippen molar-refractivity contribution in [3.8, 4) is 11.5 Å². The molecule has 4 heteroatoms. The Kier molecular flexibility index (Phi) is 3.76. The number of hydrogen-bond acceptors (Lipinski definition) is 3. The molecule has 0 amide bonds. The lowest BCUT2D eigenvalue weighted by Crippen LogP contribution is -2.39. The molecule has 1 aliphatic carbocycles. The summed E-state index contributed by atoms with van der Waals surface area (Å²) in [5, 5.41) is 0. The maximum absolute atomic E-state index is 13.7. The van der Waals surface area contributed by atoms with E-state index in [0.29, 0.717) is 5.75 Å². The van der Waals surface area contributed by atoms with Crippen molar-refractivity contribution < 1.29 is 13.9 Å². The molecular formula is C14H20FNO2. The molecule has 0 spiro atoms. The van der Waals surface area contributed by atoms with Crippen LogP contribution in [0.3, 0.4) is 0 Å². The van der Waals surface area contributed by atoms with Crippen molar-refractivity contribution in [1.29, 1.82) is 0 Å². The average Bonchev–Trinajstić information content (AvgIpc) is 2.38. The van der Waals surface area contributed by atoms with Gasteiger partial charge in [-0.15, -0.1) is 0 Å². The minimum Gasteiger partial charge on any atom is -0.492 e. The lowest BCUT2D eigenvalue weighted by Gasteiger charge is -2.35. The minimum absolute atomic E-state index is 0.144. The van der Waals surface area contributed by atoms with E-state index in [1.165, 1.54) is 26.7 Å². The van der Waals surface area contributed by atoms with Crippen LogP contribution in [0.5, 0.6) is 11.5 Å². The molecular weight excluding hydrogens is 233 g/mol. The first-order valence-corrected chi connectivity index (χ1v) is 6.32. The molecule has 3 nitrogen and oxygen atoms in total. The summed E-state index contributed by atoms with van der Waals surface area (Å²) in [4.78, 5) is 0. The molecule has 18 heavy (non-hydrogen) atoms.